The molecule has 1 aliphatic rings. The summed E-state index contributed by atoms with van der Waals surface area (Å²) in [7, 11) is -3.69. The van der Waals surface area contributed by atoms with Crippen molar-refractivity contribution in [1.29, 1.82) is 0 Å². The SMILES string of the molecule is Cc1ncc2c(n1)CCCC2NS(=O)(=O)c1c(C)noc1C. The molecule has 0 saturated carbocycles. The van der Waals surface area contributed by atoms with Crippen LogP contribution in [0.25, 0.3) is 0 Å². The molecule has 3 rings (SSSR count). The van der Waals surface area contributed by atoms with Crippen LogP contribution in [-0.4, -0.2) is 23.5 Å². The van der Waals surface area contributed by atoms with Crippen molar-refractivity contribution in [2.75, 3.05) is 0 Å². The fourth-order valence-electron chi connectivity index (χ4n) is 2.87. The van der Waals surface area contributed by atoms with Gasteiger partial charge in [-0.2, -0.15) is 0 Å². The van der Waals surface area contributed by atoms with Crippen LogP contribution in [0.3, 0.4) is 0 Å². The molecule has 2 aromatic rings. The van der Waals surface area contributed by atoms with Gasteiger partial charge in [0.2, 0.25) is 10.0 Å². The first-order valence-corrected chi connectivity index (χ1v) is 8.64. The van der Waals surface area contributed by atoms with Gasteiger partial charge in [-0.15, -0.1) is 0 Å². The third-order valence-corrected chi connectivity index (χ3v) is 5.55. The lowest BCUT2D eigenvalue weighted by Crippen LogP contribution is -2.32. The molecule has 0 saturated heterocycles. The Morgan fingerprint density at radius 3 is 2.77 bits per heavy atom. The Morgan fingerprint density at radius 1 is 1.32 bits per heavy atom. The number of sulfonamides is 1. The fraction of sp³-hybridized carbons (Fsp3) is 0.500. The van der Waals surface area contributed by atoms with E-state index in [9.17, 15) is 8.42 Å². The molecule has 1 unspecified atom stereocenters. The van der Waals surface area contributed by atoms with E-state index >= 15 is 0 Å². The van der Waals surface area contributed by atoms with E-state index in [2.05, 4.69) is 19.8 Å². The predicted molar refractivity (Wildman–Crippen MR) is 78.7 cm³/mol. The molecule has 0 aromatic carbocycles. The van der Waals surface area contributed by atoms with Gasteiger partial charge in [0.1, 0.15) is 16.4 Å². The Balaban J connectivity index is 1.95. The summed E-state index contributed by atoms with van der Waals surface area (Å²) in [5, 5.41) is 3.71. The highest BCUT2D eigenvalue weighted by atomic mass is 32.2. The van der Waals surface area contributed by atoms with E-state index in [1.165, 1.54) is 0 Å². The van der Waals surface area contributed by atoms with Crippen molar-refractivity contribution in [1.82, 2.24) is 19.8 Å². The van der Waals surface area contributed by atoms with Gasteiger partial charge >= 0.3 is 0 Å². The summed E-state index contributed by atoms with van der Waals surface area (Å²) in [6, 6.07) is -0.317. The van der Waals surface area contributed by atoms with E-state index in [4.69, 9.17) is 4.52 Å². The van der Waals surface area contributed by atoms with Gasteiger partial charge in [-0.3, -0.25) is 0 Å². The summed E-state index contributed by atoms with van der Waals surface area (Å²) in [5.41, 5.74) is 2.14. The molecule has 22 heavy (non-hydrogen) atoms. The molecule has 0 bridgehead atoms. The highest BCUT2D eigenvalue weighted by molar-refractivity contribution is 7.89. The van der Waals surface area contributed by atoms with Crippen molar-refractivity contribution >= 4 is 10.0 Å². The van der Waals surface area contributed by atoms with E-state index in [0.717, 1.165) is 30.5 Å². The number of nitrogens with zero attached hydrogens (tertiary/aromatic N) is 3. The molecule has 0 fully saturated rings. The summed E-state index contributed by atoms with van der Waals surface area (Å²) >= 11 is 0. The topological polar surface area (TPSA) is 98.0 Å². The van der Waals surface area contributed by atoms with Crippen molar-refractivity contribution in [3.63, 3.8) is 0 Å². The second-order valence-corrected chi connectivity index (χ2v) is 7.19. The van der Waals surface area contributed by atoms with E-state index in [-0.39, 0.29) is 10.9 Å². The molecular formula is C14H18N4O3S. The van der Waals surface area contributed by atoms with Crippen molar-refractivity contribution in [2.45, 2.75) is 51.0 Å². The van der Waals surface area contributed by atoms with Crippen molar-refractivity contribution in [3.05, 3.63) is 34.7 Å². The van der Waals surface area contributed by atoms with Gasteiger partial charge in [0.05, 0.1) is 6.04 Å². The van der Waals surface area contributed by atoms with Gasteiger partial charge in [-0.25, -0.2) is 23.1 Å². The highest BCUT2D eigenvalue weighted by Gasteiger charge is 2.30. The summed E-state index contributed by atoms with van der Waals surface area (Å²) in [4.78, 5) is 8.73. The van der Waals surface area contributed by atoms with Crippen LogP contribution >= 0.6 is 0 Å². The number of hydrogen-bond donors (Lipinski definition) is 1. The molecule has 1 N–H and O–H groups in total. The first-order chi connectivity index (χ1) is 10.4. The molecule has 0 aliphatic heterocycles. The number of hydrogen-bond acceptors (Lipinski definition) is 6. The lowest BCUT2D eigenvalue weighted by molar-refractivity contribution is 0.390. The Hall–Kier alpha value is -1.80. The minimum absolute atomic E-state index is 0.118. The maximum Gasteiger partial charge on any atom is 0.246 e. The maximum atomic E-state index is 12.6. The second kappa shape index (κ2) is 5.44. The zero-order chi connectivity index (χ0) is 15.9. The minimum Gasteiger partial charge on any atom is -0.360 e. The smallest absolute Gasteiger partial charge is 0.246 e. The minimum atomic E-state index is -3.69. The molecule has 2 heterocycles. The average molecular weight is 322 g/mol. The van der Waals surface area contributed by atoms with Gasteiger partial charge in [-0.1, -0.05) is 5.16 Å². The summed E-state index contributed by atoms with van der Waals surface area (Å²) in [6.07, 6.45) is 4.18. The van der Waals surface area contributed by atoms with Crippen LogP contribution in [0, 0.1) is 20.8 Å². The summed E-state index contributed by atoms with van der Waals surface area (Å²) in [5.74, 6) is 0.995. The normalized spacial score (nSPS) is 18.2. The quantitative estimate of drug-likeness (QED) is 0.924. The Morgan fingerprint density at radius 2 is 2.09 bits per heavy atom. The first kappa shape index (κ1) is 15.1. The van der Waals surface area contributed by atoms with Crippen molar-refractivity contribution in [2.24, 2.45) is 0 Å². The molecule has 0 amide bonds. The van der Waals surface area contributed by atoms with Gasteiger partial charge in [0.15, 0.2) is 5.76 Å². The van der Waals surface area contributed by atoms with Crippen LogP contribution in [0.2, 0.25) is 0 Å². The van der Waals surface area contributed by atoms with Crippen LogP contribution in [0.4, 0.5) is 0 Å². The van der Waals surface area contributed by atoms with Crippen molar-refractivity contribution in [3.8, 4) is 0 Å². The van der Waals surface area contributed by atoms with E-state index in [0.29, 0.717) is 17.3 Å². The molecule has 1 aliphatic carbocycles. The first-order valence-electron chi connectivity index (χ1n) is 7.16. The lowest BCUT2D eigenvalue weighted by Gasteiger charge is -2.25. The molecule has 0 radical (unpaired) electrons. The molecular weight excluding hydrogens is 304 g/mol. The zero-order valence-corrected chi connectivity index (χ0v) is 13.6. The third kappa shape index (κ3) is 2.64. The maximum absolute atomic E-state index is 12.6. The van der Waals surface area contributed by atoms with Crippen LogP contribution in [0.15, 0.2) is 15.6 Å². The number of nitrogens with one attached hydrogen (secondary N) is 1. The van der Waals surface area contributed by atoms with E-state index in [1.807, 2.05) is 6.92 Å². The Bertz CT molecular complexity index is 794. The summed E-state index contributed by atoms with van der Waals surface area (Å²) in [6.45, 7) is 5.04. The number of rotatable bonds is 3. The number of aromatic nitrogens is 3. The van der Waals surface area contributed by atoms with Crippen LogP contribution < -0.4 is 4.72 Å². The fourth-order valence-corrected chi connectivity index (χ4v) is 4.45. The van der Waals surface area contributed by atoms with Gasteiger partial charge in [0, 0.05) is 17.5 Å². The van der Waals surface area contributed by atoms with Gasteiger partial charge in [-0.05, 0) is 40.0 Å². The summed E-state index contributed by atoms with van der Waals surface area (Å²) < 4.78 is 33.0. The zero-order valence-electron chi connectivity index (χ0n) is 12.8. The van der Waals surface area contributed by atoms with E-state index in [1.54, 1.807) is 20.0 Å². The Labute approximate surface area is 129 Å². The van der Waals surface area contributed by atoms with Crippen LogP contribution in [0.5, 0.6) is 0 Å². The van der Waals surface area contributed by atoms with Crippen LogP contribution in [-0.2, 0) is 16.4 Å². The number of aryl methyl sites for hydroxylation is 4. The number of fused-ring (bicyclic) bond motifs is 1. The molecule has 7 nitrogen and oxygen atoms in total. The average Bonchev–Trinajstić information content (AvgIpc) is 2.78. The molecule has 1 atom stereocenters. The third-order valence-electron chi connectivity index (χ3n) is 3.84. The highest BCUT2D eigenvalue weighted by Crippen LogP contribution is 2.30. The molecule has 8 heteroatoms. The van der Waals surface area contributed by atoms with E-state index < -0.39 is 10.0 Å². The molecule has 2 aromatic heterocycles. The van der Waals surface area contributed by atoms with Gasteiger partial charge < -0.3 is 4.52 Å². The molecule has 118 valence electrons. The standard InChI is InChI=1S/C14H18N4O3S/c1-8-14(9(2)21-17-8)22(19,20)18-13-6-4-5-12-11(13)7-15-10(3)16-12/h7,13,18H,4-6H2,1-3H3. The van der Waals surface area contributed by atoms with Gasteiger partial charge in [0.25, 0.3) is 0 Å². The second-order valence-electron chi connectivity index (χ2n) is 5.54. The Kier molecular flexibility index (Phi) is 3.73. The molecule has 0 spiro atoms. The van der Waals surface area contributed by atoms with Crippen LogP contribution in [0.1, 0.15) is 47.4 Å². The lowest BCUT2D eigenvalue weighted by atomic mass is 9.93. The monoisotopic (exact) mass is 322 g/mol. The van der Waals surface area contributed by atoms with Crippen molar-refractivity contribution < 1.29 is 12.9 Å². The predicted octanol–water partition coefficient (Wildman–Crippen LogP) is 1.75. The largest absolute Gasteiger partial charge is 0.360 e.